The van der Waals surface area contributed by atoms with Crippen LogP contribution in [0.25, 0.3) is 0 Å². The number of benzene rings is 2. The summed E-state index contributed by atoms with van der Waals surface area (Å²) in [5.74, 6) is -4.29. The molecule has 6 nitrogen and oxygen atoms in total. The van der Waals surface area contributed by atoms with Crippen LogP contribution in [0, 0.1) is 5.82 Å². The van der Waals surface area contributed by atoms with E-state index < -0.39 is 36.7 Å². The lowest BCUT2D eigenvalue weighted by atomic mass is 10.1. The van der Waals surface area contributed by atoms with E-state index in [1.807, 2.05) is 30.3 Å². The highest BCUT2D eigenvalue weighted by Crippen LogP contribution is 2.41. The van der Waals surface area contributed by atoms with Crippen molar-refractivity contribution >= 4 is 5.91 Å². The average Bonchev–Trinajstić information content (AvgIpc) is 3.31. The van der Waals surface area contributed by atoms with Crippen molar-refractivity contribution in [3.63, 3.8) is 0 Å². The smallest absolute Gasteiger partial charge is 0.267 e. The van der Waals surface area contributed by atoms with E-state index in [4.69, 9.17) is 4.74 Å². The van der Waals surface area contributed by atoms with Gasteiger partial charge in [0.15, 0.2) is 17.4 Å². The molecule has 4 rings (SSSR count). The lowest BCUT2D eigenvalue weighted by Gasteiger charge is -2.24. The lowest BCUT2D eigenvalue weighted by Crippen LogP contribution is -2.34. The van der Waals surface area contributed by atoms with E-state index >= 15 is 0 Å². The van der Waals surface area contributed by atoms with E-state index in [9.17, 15) is 18.0 Å². The van der Waals surface area contributed by atoms with Gasteiger partial charge in [-0.2, -0.15) is 0 Å². The second kappa shape index (κ2) is 7.81. The quantitative estimate of drug-likeness (QED) is 0.637. The molecular formula is C21H19F3N4O2. The highest BCUT2D eigenvalue weighted by Gasteiger charge is 2.49. The Morgan fingerprint density at radius 2 is 2.00 bits per heavy atom. The van der Waals surface area contributed by atoms with Gasteiger partial charge in [0.05, 0.1) is 26.2 Å². The number of alkyl halides is 2. The molecule has 0 aliphatic carbocycles. The molecule has 0 unspecified atom stereocenters. The van der Waals surface area contributed by atoms with Crippen molar-refractivity contribution in [1.82, 2.24) is 19.7 Å². The van der Waals surface area contributed by atoms with Gasteiger partial charge in [-0.25, -0.2) is 13.2 Å². The number of halogens is 3. The topological polar surface area (TPSA) is 60.2 Å². The molecule has 30 heavy (non-hydrogen) atoms. The fourth-order valence-electron chi connectivity index (χ4n) is 3.65. The monoisotopic (exact) mass is 416 g/mol. The number of rotatable bonds is 5. The number of carbonyl (C=O) groups excluding carboxylic acids is 1. The zero-order valence-corrected chi connectivity index (χ0v) is 16.1. The first-order valence-corrected chi connectivity index (χ1v) is 9.32. The third-order valence-electron chi connectivity index (χ3n) is 5.07. The minimum atomic E-state index is -3.09. The Labute approximate surface area is 170 Å². The molecule has 1 aliphatic rings. The summed E-state index contributed by atoms with van der Waals surface area (Å²) in [5.41, 5.74) is 0.906. The van der Waals surface area contributed by atoms with Gasteiger partial charge in [0.1, 0.15) is 6.33 Å². The molecular weight excluding hydrogens is 397 g/mol. The molecule has 0 spiro atoms. The number of hydrogen-bond acceptors (Lipinski definition) is 4. The van der Waals surface area contributed by atoms with Crippen LogP contribution in [0.4, 0.5) is 13.2 Å². The van der Waals surface area contributed by atoms with Gasteiger partial charge in [-0.05, 0) is 23.8 Å². The molecule has 2 aromatic carbocycles. The molecule has 1 fully saturated rings. The second-order valence-corrected chi connectivity index (χ2v) is 7.16. The number of amides is 1. The Morgan fingerprint density at radius 3 is 2.70 bits per heavy atom. The number of hydrogen-bond donors (Lipinski definition) is 0. The van der Waals surface area contributed by atoms with E-state index in [1.54, 1.807) is 4.57 Å². The van der Waals surface area contributed by atoms with E-state index in [-0.39, 0.29) is 17.1 Å². The summed E-state index contributed by atoms with van der Waals surface area (Å²) in [6, 6.07) is 12.1. The largest absolute Gasteiger partial charge is 0.494 e. The Kier molecular flexibility index (Phi) is 5.19. The molecule has 0 N–H and O–H groups in total. The van der Waals surface area contributed by atoms with Crippen LogP contribution >= 0.6 is 0 Å². The van der Waals surface area contributed by atoms with Gasteiger partial charge in [0.25, 0.3) is 11.8 Å². The average molecular weight is 416 g/mol. The van der Waals surface area contributed by atoms with E-state index in [1.165, 1.54) is 25.6 Å². The first-order chi connectivity index (χ1) is 14.4. The van der Waals surface area contributed by atoms with Gasteiger partial charge in [-0.1, -0.05) is 30.3 Å². The maximum Gasteiger partial charge on any atom is 0.267 e. The minimum Gasteiger partial charge on any atom is -0.494 e. The van der Waals surface area contributed by atoms with Crippen LogP contribution < -0.4 is 4.74 Å². The summed E-state index contributed by atoms with van der Waals surface area (Å²) in [6.07, 6.45) is 0.874. The van der Waals surface area contributed by atoms with Crippen molar-refractivity contribution in [3.8, 4) is 5.75 Å². The van der Waals surface area contributed by atoms with Crippen LogP contribution in [0.2, 0.25) is 0 Å². The van der Waals surface area contributed by atoms with Gasteiger partial charge in [0, 0.05) is 12.0 Å². The Balaban J connectivity index is 1.65. The molecule has 0 saturated carbocycles. The third kappa shape index (κ3) is 3.87. The van der Waals surface area contributed by atoms with Crippen molar-refractivity contribution in [2.45, 2.75) is 24.9 Å². The number of nitrogens with zero attached hydrogens (tertiary/aromatic N) is 4. The standard InChI is InChI=1S/C21H19F3N4O2/c1-30-18-8-7-15(9-16(18)22)20(29)28-12-21(23,24)10-17(28)19-26-25-13-27(19)11-14-5-3-2-4-6-14/h2-9,13,17H,10-12H2,1H3/t17-/m0/s1. The van der Waals surface area contributed by atoms with Crippen molar-refractivity contribution in [2.24, 2.45) is 0 Å². The van der Waals surface area contributed by atoms with E-state index in [0.29, 0.717) is 6.54 Å². The van der Waals surface area contributed by atoms with Gasteiger partial charge in [0.2, 0.25) is 0 Å². The predicted molar refractivity (Wildman–Crippen MR) is 102 cm³/mol. The molecule has 9 heteroatoms. The number of ether oxygens (including phenoxy) is 1. The highest BCUT2D eigenvalue weighted by molar-refractivity contribution is 5.95. The maximum absolute atomic E-state index is 14.3. The zero-order chi connectivity index (χ0) is 21.3. The minimum absolute atomic E-state index is 0.0301. The molecule has 1 saturated heterocycles. The van der Waals surface area contributed by atoms with Crippen LogP contribution in [0.15, 0.2) is 54.9 Å². The first kappa shape index (κ1) is 19.9. The SMILES string of the molecule is COc1ccc(C(=O)N2CC(F)(F)C[C@H]2c2nncn2Cc2ccccc2)cc1F. The predicted octanol–water partition coefficient (Wildman–Crippen LogP) is 3.70. The number of carbonyl (C=O) groups is 1. The van der Waals surface area contributed by atoms with Gasteiger partial charge < -0.3 is 14.2 Å². The summed E-state index contributed by atoms with van der Waals surface area (Å²) < 4.78 is 49.2. The van der Waals surface area contributed by atoms with E-state index in [0.717, 1.165) is 16.5 Å². The fraction of sp³-hybridized carbons (Fsp3) is 0.286. The number of aromatic nitrogens is 3. The lowest BCUT2D eigenvalue weighted by molar-refractivity contribution is 0.0117. The molecule has 1 aliphatic heterocycles. The number of methoxy groups -OCH3 is 1. The maximum atomic E-state index is 14.3. The van der Waals surface area contributed by atoms with Crippen LogP contribution in [-0.2, 0) is 6.54 Å². The van der Waals surface area contributed by atoms with Crippen molar-refractivity contribution < 1.29 is 22.7 Å². The summed E-state index contributed by atoms with van der Waals surface area (Å²) in [5, 5.41) is 7.89. The summed E-state index contributed by atoms with van der Waals surface area (Å²) in [4.78, 5) is 14.0. The van der Waals surface area contributed by atoms with Gasteiger partial charge in [-0.3, -0.25) is 4.79 Å². The fourth-order valence-corrected chi connectivity index (χ4v) is 3.65. The van der Waals surface area contributed by atoms with E-state index in [2.05, 4.69) is 10.2 Å². The second-order valence-electron chi connectivity index (χ2n) is 7.16. The Hall–Kier alpha value is -3.36. The number of likely N-dealkylation sites (tertiary alicyclic amines) is 1. The molecule has 2 heterocycles. The summed E-state index contributed by atoms with van der Waals surface area (Å²) >= 11 is 0. The molecule has 1 amide bonds. The molecule has 0 radical (unpaired) electrons. The molecule has 156 valence electrons. The van der Waals surface area contributed by atoms with Gasteiger partial charge in [-0.15, -0.1) is 10.2 Å². The van der Waals surface area contributed by atoms with Crippen molar-refractivity contribution in [3.05, 3.63) is 77.6 Å². The van der Waals surface area contributed by atoms with Crippen LogP contribution in [0.5, 0.6) is 5.75 Å². The first-order valence-electron chi connectivity index (χ1n) is 9.32. The third-order valence-corrected chi connectivity index (χ3v) is 5.07. The Bertz CT molecular complexity index is 1060. The van der Waals surface area contributed by atoms with Crippen LogP contribution in [-0.4, -0.2) is 45.1 Å². The van der Waals surface area contributed by atoms with Crippen LogP contribution in [0.1, 0.15) is 34.2 Å². The summed E-state index contributed by atoms with van der Waals surface area (Å²) in [7, 11) is 1.30. The molecule has 1 atom stereocenters. The zero-order valence-electron chi connectivity index (χ0n) is 16.1. The molecule has 3 aromatic rings. The summed E-state index contributed by atoms with van der Waals surface area (Å²) in [6.45, 7) is -0.396. The Morgan fingerprint density at radius 1 is 1.23 bits per heavy atom. The normalized spacial score (nSPS) is 17.9. The van der Waals surface area contributed by atoms with Gasteiger partial charge >= 0.3 is 0 Å². The highest BCUT2D eigenvalue weighted by atomic mass is 19.3. The van der Waals surface area contributed by atoms with Crippen LogP contribution in [0.3, 0.4) is 0 Å². The van der Waals surface area contributed by atoms with Crippen molar-refractivity contribution in [1.29, 1.82) is 0 Å². The molecule has 0 bridgehead atoms. The molecule has 1 aromatic heterocycles. The van der Waals surface area contributed by atoms with Crippen molar-refractivity contribution in [2.75, 3.05) is 13.7 Å².